The van der Waals surface area contributed by atoms with Crippen molar-refractivity contribution in [1.29, 1.82) is 0 Å². The highest BCUT2D eigenvalue weighted by atomic mass is 35.5. The minimum absolute atomic E-state index is 0.0208. The molecule has 2 aliphatic rings. The first kappa shape index (κ1) is 17.7. The fourth-order valence-electron chi connectivity index (χ4n) is 3.01. The zero-order chi connectivity index (χ0) is 17.8. The fourth-order valence-corrected chi connectivity index (χ4v) is 3.19. The van der Waals surface area contributed by atoms with Gasteiger partial charge in [-0.15, -0.1) is 0 Å². The quantitative estimate of drug-likeness (QED) is 0.769. The lowest BCUT2D eigenvalue weighted by Crippen LogP contribution is -2.44. The molecule has 3 rings (SSSR count). The zero-order valence-corrected chi connectivity index (χ0v) is 14.4. The highest BCUT2D eigenvalue weighted by molar-refractivity contribution is 6.28. The molecule has 1 unspecified atom stereocenters. The maximum Gasteiger partial charge on any atom is 0.407 e. The number of rotatable bonds is 3. The summed E-state index contributed by atoms with van der Waals surface area (Å²) in [7, 11) is 0. The van der Waals surface area contributed by atoms with Crippen molar-refractivity contribution in [3.63, 3.8) is 0 Å². The zero-order valence-electron chi connectivity index (χ0n) is 13.7. The highest BCUT2D eigenvalue weighted by Crippen LogP contribution is 2.18. The first-order chi connectivity index (χ1) is 12.0. The lowest BCUT2D eigenvalue weighted by molar-refractivity contribution is 0.0299. The molecule has 2 N–H and O–H groups in total. The second-order valence-electron chi connectivity index (χ2n) is 6.02. The molecule has 1 atom stereocenters. The van der Waals surface area contributed by atoms with Crippen LogP contribution in [0.4, 0.5) is 10.6 Å². The van der Waals surface area contributed by atoms with Gasteiger partial charge in [-0.25, -0.2) is 14.8 Å². The Balaban J connectivity index is 1.70. The Bertz CT molecular complexity index is 653. The van der Waals surface area contributed by atoms with Crippen molar-refractivity contribution < 1.29 is 19.4 Å². The third-order valence-electron chi connectivity index (χ3n) is 4.26. The summed E-state index contributed by atoms with van der Waals surface area (Å²) in [6, 6.07) is 1.48. The van der Waals surface area contributed by atoms with Crippen LogP contribution in [0.1, 0.15) is 23.3 Å². The number of nitrogens with zero attached hydrogens (tertiary/aromatic N) is 4. The minimum Gasteiger partial charge on any atom is -0.465 e. The number of hydrogen-bond donors (Lipinski definition) is 2. The number of piperidine rings is 1. The van der Waals surface area contributed by atoms with Gasteiger partial charge in [-0.2, -0.15) is 0 Å². The molecule has 0 aromatic carbocycles. The summed E-state index contributed by atoms with van der Waals surface area (Å²) in [5, 5.41) is 12.3. The number of aromatic nitrogens is 2. The van der Waals surface area contributed by atoms with Crippen LogP contribution in [-0.4, -0.2) is 82.3 Å². The molecule has 9 nitrogen and oxygen atoms in total. The van der Waals surface area contributed by atoms with E-state index in [9.17, 15) is 9.59 Å². The van der Waals surface area contributed by atoms with Gasteiger partial charge < -0.3 is 25.0 Å². The number of halogens is 1. The van der Waals surface area contributed by atoms with Crippen LogP contribution in [0, 0.1) is 0 Å². The van der Waals surface area contributed by atoms with Crippen LogP contribution in [-0.2, 0) is 4.74 Å². The van der Waals surface area contributed by atoms with Crippen LogP contribution in [0.2, 0.25) is 5.28 Å². The average Bonchev–Trinajstić information content (AvgIpc) is 2.61. The molecule has 2 amide bonds. The van der Waals surface area contributed by atoms with Gasteiger partial charge in [-0.3, -0.25) is 4.79 Å². The summed E-state index contributed by atoms with van der Waals surface area (Å²) in [5.74, 6) is 0.209. The number of carbonyl (C=O) groups excluding carboxylic acids is 1. The molecule has 2 aliphatic heterocycles. The van der Waals surface area contributed by atoms with Gasteiger partial charge in [0.05, 0.1) is 13.2 Å². The molecule has 0 radical (unpaired) electrons. The number of morpholine rings is 1. The molecule has 1 aromatic rings. The van der Waals surface area contributed by atoms with Crippen molar-refractivity contribution in [3.8, 4) is 0 Å². The van der Waals surface area contributed by atoms with Crippen molar-refractivity contribution >= 4 is 29.4 Å². The number of amides is 2. The van der Waals surface area contributed by atoms with Crippen LogP contribution in [0.5, 0.6) is 0 Å². The Morgan fingerprint density at radius 3 is 2.72 bits per heavy atom. The van der Waals surface area contributed by atoms with Crippen molar-refractivity contribution in [2.75, 3.05) is 44.7 Å². The second kappa shape index (κ2) is 7.83. The van der Waals surface area contributed by atoms with Crippen molar-refractivity contribution in [1.82, 2.24) is 19.8 Å². The number of likely N-dealkylation sites (tertiary alicyclic amines) is 1. The van der Waals surface area contributed by atoms with E-state index in [0.29, 0.717) is 45.2 Å². The number of carboxylic acid groups (broad SMARTS) is 1. The third-order valence-corrected chi connectivity index (χ3v) is 4.43. The van der Waals surface area contributed by atoms with Crippen LogP contribution in [0.3, 0.4) is 0 Å². The smallest absolute Gasteiger partial charge is 0.407 e. The Hall–Kier alpha value is -2.13. The van der Waals surface area contributed by atoms with E-state index < -0.39 is 6.09 Å². The topological polar surface area (TPSA) is 108 Å². The van der Waals surface area contributed by atoms with Gasteiger partial charge in [0.15, 0.2) is 0 Å². The number of nitrogens with one attached hydrogen (secondary N) is 1. The molecule has 0 saturated carbocycles. The van der Waals surface area contributed by atoms with E-state index in [0.717, 1.165) is 12.8 Å². The van der Waals surface area contributed by atoms with E-state index in [1.165, 1.54) is 4.90 Å². The van der Waals surface area contributed by atoms with Gasteiger partial charge in [-0.05, 0) is 24.4 Å². The van der Waals surface area contributed by atoms with Crippen LogP contribution < -0.4 is 5.32 Å². The number of carbonyl (C=O) groups is 2. The molecule has 0 bridgehead atoms. The van der Waals surface area contributed by atoms with Gasteiger partial charge in [0, 0.05) is 38.3 Å². The largest absolute Gasteiger partial charge is 0.465 e. The Morgan fingerprint density at radius 2 is 2.00 bits per heavy atom. The second-order valence-corrected chi connectivity index (χ2v) is 6.36. The monoisotopic (exact) mass is 369 g/mol. The predicted octanol–water partition coefficient (Wildman–Crippen LogP) is 1.16. The van der Waals surface area contributed by atoms with Gasteiger partial charge in [0.1, 0.15) is 11.5 Å². The third kappa shape index (κ3) is 4.49. The molecular formula is C15H20ClN5O4. The molecule has 0 spiro atoms. The van der Waals surface area contributed by atoms with E-state index in [1.54, 1.807) is 11.0 Å². The van der Waals surface area contributed by atoms with Crippen molar-refractivity contribution in [2.45, 2.75) is 18.9 Å². The van der Waals surface area contributed by atoms with E-state index >= 15 is 0 Å². The Morgan fingerprint density at radius 1 is 1.24 bits per heavy atom. The van der Waals surface area contributed by atoms with Crippen molar-refractivity contribution in [3.05, 3.63) is 17.0 Å². The Kier molecular flexibility index (Phi) is 5.54. The molecule has 3 heterocycles. The summed E-state index contributed by atoms with van der Waals surface area (Å²) < 4.78 is 5.25. The van der Waals surface area contributed by atoms with Crippen LogP contribution in [0.15, 0.2) is 6.07 Å². The van der Waals surface area contributed by atoms with Crippen LogP contribution in [0.25, 0.3) is 0 Å². The molecule has 136 valence electrons. The summed E-state index contributed by atoms with van der Waals surface area (Å²) in [6.07, 6.45) is 0.649. The first-order valence-corrected chi connectivity index (χ1v) is 8.57. The first-order valence-electron chi connectivity index (χ1n) is 8.19. The highest BCUT2D eigenvalue weighted by Gasteiger charge is 2.25. The number of hydrogen-bond acceptors (Lipinski definition) is 6. The summed E-state index contributed by atoms with van der Waals surface area (Å²) in [6.45, 7) is 2.92. The fraction of sp³-hybridized carbons (Fsp3) is 0.600. The van der Waals surface area contributed by atoms with E-state index in [1.807, 2.05) is 0 Å². The van der Waals surface area contributed by atoms with Crippen molar-refractivity contribution in [2.24, 2.45) is 0 Å². The summed E-state index contributed by atoms with van der Waals surface area (Å²) >= 11 is 5.97. The maximum atomic E-state index is 12.5. The number of anilines is 1. The molecule has 2 saturated heterocycles. The van der Waals surface area contributed by atoms with Gasteiger partial charge >= 0.3 is 6.09 Å². The van der Waals surface area contributed by atoms with Gasteiger partial charge in [0.25, 0.3) is 5.91 Å². The normalized spacial score (nSPS) is 21.1. The van der Waals surface area contributed by atoms with Crippen LogP contribution >= 0.6 is 11.6 Å². The predicted molar refractivity (Wildman–Crippen MR) is 90.0 cm³/mol. The van der Waals surface area contributed by atoms with E-state index in [4.69, 9.17) is 21.4 Å². The maximum absolute atomic E-state index is 12.5. The van der Waals surface area contributed by atoms with E-state index in [2.05, 4.69) is 15.3 Å². The molecule has 2 fully saturated rings. The molecular weight excluding hydrogens is 350 g/mol. The molecule has 10 heteroatoms. The molecule has 1 aromatic heterocycles. The average molecular weight is 370 g/mol. The SMILES string of the molecule is O=C(O)N1CCCC(Nc2cc(C(=O)N3CCOCC3)nc(Cl)n2)C1. The minimum atomic E-state index is -0.935. The summed E-state index contributed by atoms with van der Waals surface area (Å²) in [5.41, 5.74) is 0.218. The Labute approximate surface area is 149 Å². The lowest BCUT2D eigenvalue weighted by atomic mass is 10.1. The standard InChI is InChI=1S/C15H20ClN5O4/c16-14-18-11(13(22)20-4-6-25-7-5-20)8-12(19-14)17-10-2-1-3-21(9-10)15(23)24/h8,10H,1-7,9H2,(H,23,24)(H,17,18,19). The van der Waals surface area contributed by atoms with Gasteiger partial charge in [-0.1, -0.05) is 0 Å². The number of ether oxygens (including phenoxy) is 1. The summed E-state index contributed by atoms with van der Waals surface area (Å²) in [4.78, 5) is 34.8. The van der Waals surface area contributed by atoms with Gasteiger partial charge in [0.2, 0.25) is 5.28 Å². The molecule has 25 heavy (non-hydrogen) atoms. The lowest BCUT2D eigenvalue weighted by Gasteiger charge is -2.31. The van der Waals surface area contributed by atoms with E-state index in [-0.39, 0.29) is 22.9 Å². The molecule has 0 aliphatic carbocycles.